The third kappa shape index (κ3) is 3.28. The fourth-order valence-electron chi connectivity index (χ4n) is 5.54. The summed E-state index contributed by atoms with van der Waals surface area (Å²) in [4.78, 5) is 44.4. The molecule has 0 fully saturated rings. The second-order valence-electron chi connectivity index (χ2n) is 9.30. The van der Waals surface area contributed by atoms with Crippen LogP contribution >= 0.6 is 28.1 Å². The third-order valence-corrected chi connectivity index (χ3v) is 7.85. The molecule has 0 aliphatic carbocycles. The molecule has 1 atom stereocenters. The van der Waals surface area contributed by atoms with Crippen LogP contribution in [-0.4, -0.2) is 30.6 Å². The molecule has 0 bridgehead atoms. The first-order chi connectivity index (χ1) is 19.3. The van der Waals surface area contributed by atoms with E-state index in [1.807, 2.05) is 42.5 Å². The normalized spacial score (nSPS) is 16.6. The summed E-state index contributed by atoms with van der Waals surface area (Å²) in [5.41, 5.74) is 1.16. The molecule has 0 saturated heterocycles. The van der Waals surface area contributed by atoms with Crippen molar-refractivity contribution in [2.45, 2.75) is 5.41 Å². The van der Waals surface area contributed by atoms with E-state index in [2.05, 4.69) is 36.5 Å². The van der Waals surface area contributed by atoms with E-state index in [-0.39, 0.29) is 21.8 Å². The maximum absolute atomic E-state index is 14.3. The van der Waals surface area contributed by atoms with Gasteiger partial charge in [-0.3, -0.25) is 24.7 Å². The average molecular weight is 614 g/mol. The van der Waals surface area contributed by atoms with Gasteiger partial charge >= 0.3 is 0 Å². The van der Waals surface area contributed by atoms with Crippen molar-refractivity contribution in [2.24, 2.45) is 0 Å². The van der Waals surface area contributed by atoms with Crippen LogP contribution in [0.2, 0.25) is 0 Å². The zero-order valence-corrected chi connectivity index (χ0v) is 22.6. The number of carbonyl (C=O) groups is 1. The third-order valence-electron chi connectivity index (χ3n) is 7.15. The number of carbonyl (C=O) groups excluding carboxylic acids is 1. The minimum Gasteiger partial charge on any atom is -0.326 e. The van der Waals surface area contributed by atoms with Crippen LogP contribution < -0.4 is 16.2 Å². The predicted molar refractivity (Wildman–Crippen MR) is 154 cm³/mol. The smallest absolute Gasteiger partial charge is 0.269 e. The molecule has 40 heavy (non-hydrogen) atoms. The quantitative estimate of drug-likeness (QED) is 0.122. The lowest BCUT2D eigenvalue weighted by Gasteiger charge is -2.34. The topological polar surface area (TPSA) is 151 Å². The van der Waals surface area contributed by atoms with E-state index >= 15 is 0 Å². The Bertz CT molecular complexity index is 2020. The zero-order valence-electron chi connectivity index (χ0n) is 20.2. The molecule has 1 amide bonds. The second kappa shape index (κ2) is 8.56. The Hall–Kier alpha value is -4.88. The van der Waals surface area contributed by atoms with Crippen molar-refractivity contribution in [1.82, 2.24) is 19.7 Å². The molecular weight excluding hydrogens is 598 g/mol. The fraction of sp³-hybridized carbons (Fsp3) is 0.0370. The molecule has 1 spiro atoms. The van der Waals surface area contributed by atoms with Crippen molar-refractivity contribution < 1.29 is 9.72 Å². The number of aromatic nitrogens is 4. The highest BCUT2D eigenvalue weighted by molar-refractivity contribution is 9.10. The van der Waals surface area contributed by atoms with Crippen molar-refractivity contribution in [2.75, 3.05) is 10.6 Å². The number of nitro benzene ring substituents is 1. The summed E-state index contributed by atoms with van der Waals surface area (Å²) >= 11 is 8.80. The number of hydrogen-bond donors (Lipinski definition) is 4. The maximum Gasteiger partial charge on any atom is 0.269 e. The number of non-ortho nitro benzene ring substituents is 1. The summed E-state index contributed by atoms with van der Waals surface area (Å²) in [6, 6.07) is 20.6. The van der Waals surface area contributed by atoms with Gasteiger partial charge in [-0.1, -0.05) is 46.3 Å². The number of nitrogens with one attached hydrogen (secondary N) is 4. The molecule has 5 aromatic rings. The summed E-state index contributed by atoms with van der Waals surface area (Å²) in [6.45, 7) is 0. The highest BCUT2D eigenvalue weighted by atomic mass is 79.9. The number of nitrogens with zero attached hydrogens (tertiary/aromatic N) is 3. The standard InChI is InChI=1S/C27H16BrN7O4S/c28-14-6-11-18-17(12-14)27(25(37)29-18)19-21(13-4-2-1-3-5-13)33-34(15-7-9-16(10-8-15)35(38)39)23(19)30-22-20(27)24(36)32-26(40)31-22/h1-12H,(H,29,37)(H3,30,31,32,36,40). The lowest BCUT2D eigenvalue weighted by molar-refractivity contribution is -0.384. The van der Waals surface area contributed by atoms with Crippen LogP contribution in [0.3, 0.4) is 0 Å². The van der Waals surface area contributed by atoms with Gasteiger partial charge in [0, 0.05) is 39.0 Å². The van der Waals surface area contributed by atoms with Crippen molar-refractivity contribution in [3.8, 4) is 16.9 Å². The van der Waals surface area contributed by atoms with Crippen LogP contribution in [0.5, 0.6) is 0 Å². The van der Waals surface area contributed by atoms with Crippen LogP contribution in [-0.2, 0) is 10.2 Å². The molecule has 196 valence electrons. The summed E-state index contributed by atoms with van der Waals surface area (Å²) < 4.78 is 2.37. The van der Waals surface area contributed by atoms with Crippen molar-refractivity contribution >= 4 is 57.1 Å². The van der Waals surface area contributed by atoms with Crippen LogP contribution in [0.25, 0.3) is 16.9 Å². The lowest BCUT2D eigenvalue weighted by Crippen LogP contribution is -2.45. The van der Waals surface area contributed by atoms with Gasteiger partial charge in [0.15, 0.2) is 4.77 Å². The summed E-state index contributed by atoms with van der Waals surface area (Å²) in [5.74, 6) is 0.215. The summed E-state index contributed by atoms with van der Waals surface area (Å²) in [6.07, 6.45) is 0. The summed E-state index contributed by atoms with van der Waals surface area (Å²) in [7, 11) is 0. The van der Waals surface area contributed by atoms with Gasteiger partial charge in [0.2, 0.25) is 5.91 Å². The van der Waals surface area contributed by atoms with Gasteiger partial charge in [0.05, 0.1) is 21.9 Å². The van der Waals surface area contributed by atoms with Crippen molar-refractivity contribution in [3.05, 3.63) is 119 Å². The molecule has 4 N–H and O–H groups in total. The second-order valence-corrected chi connectivity index (χ2v) is 10.6. The Balaban J connectivity index is 1.65. The number of fused-ring (bicyclic) bond motifs is 6. The van der Waals surface area contributed by atoms with Crippen LogP contribution in [0, 0.1) is 14.9 Å². The highest BCUT2D eigenvalue weighted by Crippen LogP contribution is 2.56. The van der Waals surface area contributed by atoms with E-state index in [0.29, 0.717) is 44.0 Å². The molecule has 2 aromatic heterocycles. The van der Waals surface area contributed by atoms with E-state index in [1.165, 1.54) is 12.1 Å². The van der Waals surface area contributed by atoms with Crippen molar-refractivity contribution in [3.63, 3.8) is 0 Å². The largest absolute Gasteiger partial charge is 0.326 e. The van der Waals surface area contributed by atoms with Crippen molar-refractivity contribution in [1.29, 1.82) is 0 Å². The molecule has 4 heterocycles. The molecule has 3 aromatic carbocycles. The maximum atomic E-state index is 14.3. The highest BCUT2D eigenvalue weighted by Gasteiger charge is 2.58. The van der Waals surface area contributed by atoms with Gasteiger partial charge in [-0.25, -0.2) is 4.68 Å². The Labute approximate surface area is 238 Å². The minimum absolute atomic E-state index is 0.0763. The average Bonchev–Trinajstić information content (AvgIpc) is 3.45. The molecular formula is C27H16BrN7O4S. The van der Waals surface area contributed by atoms with Gasteiger partial charge in [-0.2, -0.15) is 5.10 Å². The first-order valence-electron chi connectivity index (χ1n) is 12.0. The molecule has 0 saturated carbocycles. The predicted octanol–water partition coefficient (Wildman–Crippen LogP) is 5.30. The molecule has 13 heteroatoms. The Kier molecular flexibility index (Phi) is 5.18. The van der Waals surface area contributed by atoms with E-state index in [4.69, 9.17) is 17.3 Å². The molecule has 11 nitrogen and oxygen atoms in total. The van der Waals surface area contributed by atoms with Crippen LogP contribution in [0.15, 0.2) is 82.1 Å². The molecule has 7 rings (SSSR count). The van der Waals surface area contributed by atoms with Gasteiger partial charge < -0.3 is 15.6 Å². The zero-order chi connectivity index (χ0) is 27.8. The molecule has 2 aliphatic rings. The van der Waals surface area contributed by atoms with E-state index in [0.717, 1.165) is 0 Å². The first kappa shape index (κ1) is 24.2. The molecule has 1 unspecified atom stereocenters. The number of anilines is 3. The van der Waals surface area contributed by atoms with Crippen LogP contribution in [0.1, 0.15) is 16.7 Å². The number of halogens is 1. The Morgan fingerprint density at radius 1 is 0.950 bits per heavy atom. The van der Waals surface area contributed by atoms with E-state index in [9.17, 15) is 19.7 Å². The number of nitro groups is 1. The molecule has 2 aliphatic heterocycles. The monoisotopic (exact) mass is 613 g/mol. The van der Waals surface area contributed by atoms with E-state index in [1.54, 1.807) is 22.9 Å². The number of aromatic amines is 2. The Morgan fingerprint density at radius 2 is 1.70 bits per heavy atom. The number of benzene rings is 3. The van der Waals surface area contributed by atoms with Gasteiger partial charge in [0.25, 0.3) is 11.2 Å². The SMILES string of the molecule is O=C1Nc2ccc(Br)cc2C12c1c(-c3ccccc3)nn(-c3ccc([N+](=O)[O-])cc3)c1Nc1[nH]c(=S)[nH]c(=O)c12. The lowest BCUT2D eigenvalue weighted by atomic mass is 9.68. The minimum atomic E-state index is -1.62. The van der Waals surface area contributed by atoms with E-state index < -0.39 is 21.8 Å². The van der Waals surface area contributed by atoms with Crippen LogP contribution in [0.4, 0.5) is 23.0 Å². The fourth-order valence-corrected chi connectivity index (χ4v) is 6.10. The van der Waals surface area contributed by atoms with Gasteiger partial charge in [-0.05, 0) is 42.5 Å². The van der Waals surface area contributed by atoms with Gasteiger partial charge in [-0.15, -0.1) is 0 Å². The number of hydrogen-bond acceptors (Lipinski definition) is 7. The first-order valence-corrected chi connectivity index (χ1v) is 13.2. The van der Waals surface area contributed by atoms with Gasteiger partial charge in [0.1, 0.15) is 17.1 Å². The Morgan fingerprint density at radius 3 is 2.42 bits per heavy atom. The summed E-state index contributed by atoms with van der Waals surface area (Å²) in [5, 5.41) is 22.5. The number of H-pyrrole nitrogens is 2. The number of rotatable bonds is 3. The number of amides is 1. The molecule has 0 radical (unpaired) electrons.